The molecule has 36 heavy (non-hydrogen) atoms. The zero-order valence-electron chi connectivity index (χ0n) is 19.4. The van der Waals surface area contributed by atoms with Crippen LogP contribution in [0.25, 0.3) is 0 Å². The Morgan fingerprint density at radius 1 is 1.06 bits per heavy atom. The van der Waals surface area contributed by atoms with Crippen molar-refractivity contribution in [3.63, 3.8) is 0 Å². The molecule has 3 aromatic rings. The second kappa shape index (κ2) is 12.0. The maximum atomic E-state index is 14.6. The summed E-state index contributed by atoms with van der Waals surface area (Å²) in [4.78, 5) is 17.6. The summed E-state index contributed by atoms with van der Waals surface area (Å²) in [5.74, 6) is -1.09. The van der Waals surface area contributed by atoms with E-state index in [1.165, 1.54) is 0 Å². The number of alkyl halides is 4. The van der Waals surface area contributed by atoms with Crippen LogP contribution in [0.5, 0.6) is 0 Å². The molecule has 2 aromatic carbocycles. The summed E-state index contributed by atoms with van der Waals surface area (Å²) in [5, 5.41) is 15.0. The van der Waals surface area contributed by atoms with E-state index in [-0.39, 0.29) is 24.3 Å². The predicted molar refractivity (Wildman–Crippen MR) is 137 cm³/mol. The van der Waals surface area contributed by atoms with Gasteiger partial charge in [-0.15, -0.1) is 0 Å². The van der Waals surface area contributed by atoms with E-state index in [9.17, 15) is 27.5 Å². The average molecular weight is 615 g/mol. The molecular formula is C26H26F4IN3O2. The molecular weight excluding hydrogens is 589 g/mol. The number of hydrogen-bond acceptors (Lipinski definition) is 3. The molecule has 0 fully saturated rings. The number of nitrogens with one attached hydrogen (secondary N) is 2. The van der Waals surface area contributed by atoms with E-state index in [4.69, 9.17) is 0 Å². The molecule has 0 saturated heterocycles. The van der Waals surface area contributed by atoms with Gasteiger partial charge in [0.1, 0.15) is 11.4 Å². The molecule has 1 aromatic heterocycles. The maximum Gasteiger partial charge on any atom is 0.416 e. The predicted octanol–water partition coefficient (Wildman–Crippen LogP) is 5.73. The minimum absolute atomic E-state index is 0.00545. The van der Waals surface area contributed by atoms with Gasteiger partial charge in [-0.2, -0.15) is 13.2 Å². The minimum atomic E-state index is -4.81. The van der Waals surface area contributed by atoms with Crippen molar-refractivity contribution in [2.45, 2.75) is 41.9 Å². The Morgan fingerprint density at radius 2 is 1.75 bits per heavy atom. The lowest BCUT2D eigenvalue weighted by atomic mass is 9.79. The Balaban J connectivity index is 2.26. The van der Waals surface area contributed by atoms with Crippen molar-refractivity contribution in [1.29, 1.82) is 0 Å². The van der Waals surface area contributed by atoms with Gasteiger partial charge in [-0.25, -0.2) is 9.18 Å². The highest BCUT2D eigenvalue weighted by molar-refractivity contribution is 14.1. The third-order valence-corrected chi connectivity index (χ3v) is 6.70. The summed E-state index contributed by atoms with van der Waals surface area (Å²) in [6, 6.07) is 13.2. The number of benzene rings is 2. The lowest BCUT2D eigenvalue weighted by Crippen LogP contribution is -2.55. The average Bonchev–Trinajstić information content (AvgIpc) is 2.86. The Labute approximate surface area is 220 Å². The first-order chi connectivity index (χ1) is 17.1. The van der Waals surface area contributed by atoms with Gasteiger partial charge < -0.3 is 15.7 Å². The molecule has 3 rings (SSSR count). The second-order valence-electron chi connectivity index (χ2n) is 8.37. The normalized spacial score (nSPS) is 14.1. The highest BCUT2D eigenvalue weighted by Crippen LogP contribution is 2.37. The third-order valence-electron chi connectivity index (χ3n) is 5.82. The fourth-order valence-corrected chi connectivity index (χ4v) is 4.32. The number of aliphatic hydroxyl groups excluding tert-OH is 1. The topological polar surface area (TPSA) is 74.2 Å². The molecule has 2 atom stereocenters. The van der Waals surface area contributed by atoms with Crippen molar-refractivity contribution in [2.75, 3.05) is 6.61 Å². The van der Waals surface area contributed by atoms with Crippen molar-refractivity contribution in [2.24, 2.45) is 0 Å². The van der Waals surface area contributed by atoms with Crippen molar-refractivity contribution in [1.82, 2.24) is 15.6 Å². The van der Waals surface area contributed by atoms with Crippen molar-refractivity contribution in [3.05, 3.63) is 101 Å². The third kappa shape index (κ3) is 6.73. The van der Waals surface area contributed by atoms with E-state index in [1.807, 2.05) is 0 Å². The summed E-state index contributed by atoms with van der Waals surface area (Å²) in [5.41, 5.74) is -1.15. The summed E-state index contributed by atoms with van der Waals surface area (Å²) < 4.78 is 56.3. The number of carbonyl (C=O) groups excluding carboxylic acids is 1. The van der Waals surface area contributed by atoms with Crippen LogP contribution in [0.2, 0.25) is 0 Å². The van der Waals surface area contributed by atoms with Gasteiger partial charge in [0, 0.05) is 17.0 Å². The van der Waals surface area contributed by atoms with Crippen LogP contribution >= 0.6 is 22.6 Å². The van der Waals surface area contributed by atoms with Crippen LogP contribution in [0.3, 0.4) is 0 Å². The molecule has 0 saturated carbocycles. The van der Waals surface area contributed by atoms with E-state index < -0.39 is 35.2 Å². The zero-order valence-corrected chi connectivity index (χ0v) is 21.6. The molecule has 0 radical (unpaired) electrons. The second-order valence-corrected chi connectivity index (χ2v) is 9.13. The van der Waals surface area contributed by atoms with Crippen molar-refractivity contribution >= 4 is 28.6 Å². The smallest absolute Gasteiger partial charge is 0.394 e. The highest BCUT2D eigenvalue weighted by atomic mass is 127. The molecule has 2 amide bonds. The largest absolute Gasteiger partial charge is 0.416 e. The number of aromatic nitrogens is 1. The number of amides is 2. The molecule has 3 N–H and O–H groups in total. The van der Waals surface area contributed by atoms with Crippen LogP contribution in [0.4, 0.5) is 22.4 Å². The van der Waals surface area contributed by atoms with Crippen LogP contribution in [-0.4, -0.2) is 28.8 Å². The SMILES string of the molecule is CC[C@H](CO)NC(=O)N[C@](Cc1ccccc1)(c1cc(F)cc(C(F)(F)F)c1)c1ccc(CI)cn1. The number of rotatable bonds is 9. The van der Waals surface area contributed by atoms with Gasteiger partial charge in [-0.3, -0.25) is 4.98 Å². The fraction of sp³-hybridized carbons (Fsp3) is 0.308. The number of urea groups is 1. The number of carbonyl (C=O) groups is 1. The molecule has 0 unspecified atom stereocenters. The van der Waals surface area contributed by atoms with Gasteiger partial charge in [0.2, 0.25) is 0 Å². The number of halogens is 5. The van der Waals surface area contributed by atoms with Gasteiger partial charge >= 0.3 is 12.2 Å². The Morgan fingerprint density at radius 3 is 2.31 bits per heavy atom. The Hall–Kier alpha value is -2.73. The van der Waals surface area contributed by atoms with Gasteiger partial charge in [0.05, 0.1) is 23.9 Å². The van der Waals surface area contributed by atoms with Crippen LogP contribution in [0.15, 0.2) is 66.9 Å². The molecule has 0 bridgehead atoms. The number of aliphatic hydroxyl groups is 1. The van der Waals surface area contributed by atoms with Crippen LogP contribution in [0.1, 0.15) is 41.3 Å². The molecule has 1 heterocycles. The van der Waals surface area contributed by atoms with Crippen molar-refractivity contribution < 1.29 is 27.5 Å². The molecule has 10 heteroatoms. The van der Waals surface area contributed by atoms with E-state index in [0.29, 0.717) is 22.5 Å². The number of hydrogen-bond donors (Lipinski definition) is 3. The summed E-state index contributed by atoms with van der Waals surface area (Å²) in [6.07, 6.45) is -2.81. The zero-order chi connectivity index (χ0) is 26.3. The molecule has 192 valence electrons. The van der Waals surface area contributed by atoms with Gasteiger partial charge in [-0.05, 0) is 47.4 Å². The minimum Gasteiger partial charge on any atom is -0.394 e. The summed E-state index contributed by atoms with van der Waals surface area (Å²) in [6.45, 7) is 1.45. The first kappa shape index (κ1) is 27.9. The van der Waals surface area contributed by atoms with Crippen molar-refractivity contribution in [3.8, 4) is 0 Å². The first-order valence-corrected chi connectivity index (χ1v) is 12.8. The van der Waals surface area contributed by atoms with Gasteiger partial charge in [-0.1, -0.05) is 65.9 Å². The number of nitrogens with zero attached hydrogens (tertiary/aromatic N) is 1. The van der Waals surface area contributed by atoms with Crippen LogP contribution in [0, 0.1) is 5.82 Å². The van der Waals surface area contributed by atoms with Gasteiger partial charge in [0.25, 0.3) is 0 Å². The quantitative estimate of drug-likeness (QED) is 0.164. The van der Waals surface area contributed by atoms with E-state index in [0.717, 1.165) is 17.7 Å². The molecule has 0 aliphatic carbocycles. The Bertz CT molecular complexity index is 1160. The van der Waals surface area contributed by atoms with E-state index in [1.54, 1.807) is 55.6 Å². The fourth-order valence-electron chi connectivity index (χ4n) is 3.87. The molecule has 0 aliphatic heterocycles. The van der Waals surface area contributed by atoms with E-state index in [2.05, 4.69) is 38.2 Å². The molecule has 0 aliphatic rings. The maximum absolute atomic E-state index is 14.6. The summed E-state index contributed by atoms with van der Waals surface area (Å²) in [7, 11) is 0. The van der Waals surface area contributed by atoms with Gasteiger partial charge in [0.15, 0.2) is 0 Å². The monoisotopic (exact) mass is 615 g/mol. The lowest BCUT2D eigenvalue weighted by molar-refractivity contribution is -0.137. The number of pyridine rings is 1. The highest BCUT2D eigenvalue weighted by Gasteiger charge is 2.41. The van der Waals surface area contributed by atoms with Crippen LogP contribution < -0.4 is 10.6 Å². The van der Waals surface area contributed by atoms with E-state index >= 15 is 0 Å². The first-order valence-electron chi connectivity index (χ1n) is 11.2. The lowest BCUT2D eigenvalue weighted by Gasteiger charge is -2.36. The molecule has 5 nitrogen and oxygen atoms in total. The summed E-state index contributed by atoms with van der Waals surface area (Å²) >= 11 is 2.16. The molecule has 0 spiro atoms. The standard InChI is InChI=1S/C26H26F4IN3O2/c1-2-22(16-35)33-24(36)34-25(13-17-6-4-3-5-7-17,23-9-8-18(14-31)15-32-23)19-10-20(26(28,29)30)12-21(27)11-19/h3-12,15,22,35H,2,13-14,16H2,1H3,(H2,33,34,36)/t22-,25-/m1/s1. The Kier molecular flexibility index (Phi) is 9.29. The van der Waals surface area contributed by atoms with Crippen LogP contribution in [-0.2, 0) is 22.6 Å².